The highest BCUT2D eigenvalue weighted by molar-refractivity contribution is 14.0. The first-order valence-electron chi connectivity index (χ1n) is 10.1. The van der Waals surface area contributed by atoms with E-state index in [1.165, 1.54) is 5.56 Å². The molecule has 0 unspecified atom stereocenters. The van der Waals surface area contributed by atoms with E-state index in [1.807, 2.05) is 40.8 Å². The Morgan fingerprint density at radius 1 is 1.27 bits per heavy atom. The molecule has 0 bridgehead atoms. The maximum atomic E-state index is 4.86. The van der Waals surface area contributed by atoms with Gasteiger partial charge in [-0.05, 0) is 36.6 Å². The van der Waals surface area contributed by atoms with Crippen LogP contribution < -0.4 is 5.32 Å². The molecule has 1 aromatic carbocycles. The molecule has 3 rings (SSSR count). The first kappa shape index (κ1) is 23.9. The van der Waals surface area contributed by atoms with Crippen molar-refractivity contribution in [2.75, 3.05) is 13.6 Å². The summed E-state index contributed by atoms with van der Waals surface area (Å²) in [6.07, 6.45) is 5.83. The van der Waals surface area contributed by atoms with Crippen LogP contribution in [0.5, 0.6) is 0 Å². The zero-order chi connectivity index (χ0) is 20.8. The van der Waals surface area contributed by atoms with Crippen LogP contribution in [0.25, 0.3) is 5.69 Å². The number of halogens is 1. The van der Waals surface area contributed by atoms with Gasteiger partial charge >= 0.3 is 0 Å². The summed E-state index contributed by atoms with van der Waals surface area (Å²) < 4.78 is 3.75. The van der Waals surface area contributed by atoms with E-state index in [4.69, 9.17) is 4.99 Å². The smallest absolute Gasteiger partial charge is 0.194 e. The molecule has 8 heteroatoms. The lowest BCUT2D eigenvalue weighted by Gasteiger charge is -2.22. The summed E-state index contributed by atoms with van der Waals surface area (Å²) in [6.45, 7) is 8.63. The third kappa shape index (κ3) is 6.07. The second-order valence-corrected chi connectivity index (χ2v) is 7.51. The number of hydrogen-bond acceptors (Lipinski definition) is 3. The van der Waals surface area contributed by atoms with Crippen molar-refractivity contribution < 1.29 is 0 Å². The predicted molar refractivity (Wildman–Crippen MR) is 133 cm³/mol. The maximum absolute atomic E-state index is 4.86. The molecule has 0 radical (unpaired) electrons. The molecule has 0 saturated heterocycles. The van der Waals surface area contributed by atoms with Crippen LogP contribution in [0.15, 0.2) is 53.9 Å². The molecular formula is C22H32IN7. The van der Waals surface area contributed by atoms with Gasteiger partial charge < -0.3 is 10.2 Å². The largest absolute Gasteiger partial charge is 0.357 e. The number of hydrogen-bond donors (Lipinski definition) is 1. The van der Waals surface area contributed by atoms with Gasteiger partial charge in [0, 0.05) is 51.3 Å². The SMILES string of the molecule is CCNC(=NCc1cccc(-n2cccn2)c1)N(C)Cc1cn(C)nc1C(C)C.I. The van der Waals surface area contributed by atoms with Gasteiger partial charge in [-0.25, -0.2) is 9.67 Å². The second kappa shape index (κ2) is 11.1. The lowest BCUT2D eigenvalue weighted by Crippen LogP contribution is -2.38. The number of rotatable bonds is 7. The summed E-state index contributed by atoms with van der Waals surface area (Å²) in [4.78, 5) is 7.01. The van der Waals surface area contributed by atoms with E-state index >= 15 is 0 Å². The molecule has 0 saturated carbocycles. The van der Waals surface area contributed by atoms with Crippen molar-refractivity contribution >= 4 is 29.9 Å². The minimum atomic E-state index is 0. The molecule has 0 atom stereocenters. The van der Waals surface area contributed by atoms with E-state index in [0.29, 0.717) is 12.5 Å². The molecule has 0 fully saturated rings. The van der Waals surface area contributed by atoms with Gasteiger partial charge in [0.1, 0.15) is 0 Å². The first-order valence-corrected chi connectivity index (χ1v) is 10.1. The van der Waals surface area contributed by atoms with Gasteiger partial charge in [0.25, 0.3) is 0 Å². The van der Waals surface area contributed by atoms with Crippen LogP contribution in [0.4, 0.5) is 0 Å². The minimum Gasteiger partial charge on any atom is -0.357 e. The Hall–Kier alpha value is -2.36. The number of guanidine groups is 1. The van der Waals surface area contributed by atoms with Gasteiger partial charge in [-0.3, -0.25) is 4.68 Å². The molecule has 1 N–H and O–H groups in total. The molecule has 0 aliphatic rings. The highest BCUT2D eigenvalue weighted by Gasteiger charge is 2.15. The van der Waals surface area contributed by atoms with Crippen molar-refractivity contribution in [3.8, 4) is 5.69 Å². The summed E-state index contributed by atoms with van der Waals surface area (Å²) in [7, 11) is 4.04. The zero-order valence-electron chi connectivity index (χ0n) is 18.4. The van der Waals surface area contributed by atoms with E-state index in [0.717, 1.165) is 36.0 Å². The molecule has 30 heavy (non-hydrogen) atoms. The Balaban J connectivity index is 0.00000320. The average Bonchev–Trinajstić information content (AvgIpc) is 3.35. The Bertz CT molecular complexity index is 944. The summed E-state index contributed by atoms with van der Waals surface area (Å²) in [6, 6.07) is 10.2. The van der Waals surface area contributed by atoms with Gasteiger partial charge in [-0.2, -0.15) is 10.2 Å². The normalized spacial score (nSPS) is 11.5. The molecule has 2 aromatic heterocycles. The van der Waals surface area contributed by atoms with Crippen LogP contribution in [0.1, 0.15) is 43.5 Å². The maximum Gasteiger partial charge on any atom is 0.194 e. The third-order valence-corrected chi connectivity index (χ3v) is 4.68. The molecule has 3 aromatic rings. The fraction of sp³-hybridized carbons (Fsp3) is 0.409. The first-order chi connectivity index (χ1) is 14.0. The number of benzene rings is 1. The van der Waals surface area contributed by atoms with E-state index in [9.17, 15) is 0 Å². The molecule has 0 amide bonds. The van der Waals surface area contributed by atoms with Crippen LogP contribution in [0.3, 0.4) is 0 Å². The molecular weight excluding hydrogens is 489 g/mol. The van der Waals surface area contributed by atoms with Crippen LogP contribution in [0.2, 0.25) is 0 Å². The van der Waals surface area contributed by atoms with Crippen molar-refractivity contribution in [1.82, 2.24) is 29.8 Å². The Morgan fingerprint density at radius 2 is 2.07 bits per heavy atom. The molecule has 0 aliphatic heterocycles. The highest BCUT2D eigenvalue weighted by Crippen LogP contribution is 2.18. The molecule has 162 valence electrons. The van der Waals surface area contributed by atoms with Gasteiger partial charge in [0.05, 0.1) is 17.9 Å². The van der Waals surface area contributed by atoms with Crippen LogP contribution >= 0.6 is 24.0 Å². The van der Waals surface area contributed by atoms with E-state index in [2.05, 4.69) is 66.6 Å². The quantitative estimate of drug-likeness (QED) is 0.291. The number of aromatic nitrogens is 4. The zero-order valence-corrected chi connectivity index (χ0v) is 20.7. The third-order valence-electron chi connectivity index (χ3n) is 4.68. The second-order valence-electron chi connectivity index (χ2n) is 7.51. The van der Waals surface area contributed by atoms with Gasteiger partial charge in [0.2, 0.25) is 0 Å². The number of aryl methyl sites for hydroxylation is 1. The van der Waals surface area contributed by atoms with Gasteiger partial charge in [0.15, 0.2) is 5.96 Å². The number of aliphatic imine (C=N–C) groups is 1. The van der Waals surface area contributed by atoms with E-state index < -0.39 is 0 Å². The van der Waals surface area contributed by atoms with Crippen LogP contribution in [-0.2, 0) is 20.1 Å². The molecule has 2 heterocycles. The van der Waals surface area contributed by atoms with Crippen molar-refractivity contribution in [2.45, 2.75) is 39.8 Å². The summed E-state index contributed by atoms with van der Waals surface area (Å²) in [5.41, 5.74) is 4.56. The van der Waals surface area contributed by atoms with E-state index in [-0.39, 0.29) is 24.0 Å². The van der Waals surface area contributed by atoms with Crippen LogP contribution in [-0.4, -0.2) is 44.0 Å². The summed E-state index contributed by atoms with van der Waals surface area (Å²) >= 11 is 0. The molecule has 7 nitrogen and oxygen atoms in total. The predicted octanol–water partition coefficient (Wildman–Crippen LogP) is 3.94. The highest BCUT2D eigenvalue weighted by atomic mass is 127. The van der Waals surface area contributed by atoms with Crippen molar-refractivity contribution in [1.29, 1.82) is 0 Å². The average molecular weight is 521 g/mol. The Morgan fingerprint density at radius 3 is 2.73 bits per heavy atom. The minimum absolute atomic E-state index is 0. The summed E-state index contributed by atoms with van der Waals surface area (Å²) in [5, 5.41) is 12.3. The monoisotopic (exact) mass is 521 g/mol. The van der Waals surface area contributed by atoms with Crippen molar-refractivity contribution in [2.24, 2.45) is 12.0 Å². The number of nitrogens with zero attached hydrogens (tertiary/aromatic N) is 6. The number of nitrogens with one attached hydrogen (secondary N) is 1. The van der Waals surface area contributed by atoms with Crippen molar-refractivity contribution in [3.05, 3.63) is 65.7 Å². The Labute approximate surface area is 196 Å². The Kier molecular flexibility index (Phi) is 8.88. The topological polar surface area (TPSA) is 63.3 Å². The van der Waals surface area contributed by atoms with Crippen molar-refractivity contribution in [3.63, 3.8) is 0 Å². The van der Waals surface area contributed by atoms with Gasteiger partial charge in [-0.15, -0.1) is 24.0 Å². The summed E-state index contributed by atoms with van der Waals surface area (Å²) in [5.74, 6) is 1.28. The fourth-order valence-corrected chi connectivity index (χ4v) is 3.35. The van der Waals surface area contributed by atoms with Gasteiger partial charge in [-0.1, -0.05) is 26.0 Å². The molecule has 0 spiro atoms. The van der Waals surface area contributed by atoms with Crippen LogP contribution in [0, 0.1) is 0 Å². The fourth-order valence-electron chi connectivity index (χ4n) is 3.35. The standard InChI is InChI=1S/C22H31N7.HI/c1-6-23-22(27(4)15-19-16-28(5)26-21(19)17(2)3)24-14-18-9-7-10-20(13-18)29-12-8-11-25-29;/h7-13,16-17H,6,14-15H2,1-5H3,(H,23,24);1H. The molecule has 0 aliphatic carbocycles. The van der Waals surface area contributed by atoms with E-state index in [1.54, 1.807) is 6.20 Å². The lowest BCUT2D eigenvalue weighted by atomic mass is 10.1. The lowest BCUT2D eigenvalue weighted by molar-refractivity contribution is 0.473.